The number of piperidine rings is 3. The lowest BCUT2D eigenvalue weighted by atomic mass is 9.73. The summed E-state index contributed by atoms with van der Waals surface area (Å²) in [5.41, 5.74) is 1.85. The van der Waals surface area contributed by atoms with Crippen molar-refractivity contribution < 1.29 is 9.84 Å². The zero-order valence-electron chi connectivity index (χ0n) is 14.1. The van der Waals surface area contributed by atoms with Crippen molar-refractivity contribution >= 4 is 10.9 Å². The van der Waals surface area contributed by atoms with E-state index in [0.29, 0.717) is 11.8 Å². The molecule has 126 valence electrons. The van der Waals surface area contributed by atoms with E-state index in [2.05, 4.69) is 22.5 Å². The van der Waals surface area contributed by atoms with E-state index in [1.165, 1.54) is 6.42 Å². The van der Waals surface area contributed by atoms with Crippen LogP contribution >= 0.6 is 0 Å². The van der Waals surface area contributed by atoms with Crippen LogP contribution in [0.1, 0.15) is 24.5 Å². The summed E-state index contributed by atoms with van der Waals surface area (Å²) < 4.78 is 5.35. The molecule has 24 heavy (non-hydrogen) atoms. The van der Waals surface area contributed by atoms with E-state index < -0.39 is 6.10 Å². The molecule has 4 heteroatoms. The van der Waals surface area contributed by atoms with Crippen molar-refractivity contribution in [2.75, 3.05) is 20.2 Å². The van der Waals surface area contributed by atoms with Gasteiger partial charge in [-0.3, -0.25) is 9.88 Å². The monoisotopic (exact) mass is 324 g/mol. The Morgan fingerprint density at radius 1 is 1.42 bits per heavy atom. The molecule has 5 atom stereocenters. The molecule has 2 unspecified atom stereocenters. The maximum absolute atomic E-state index is 11.2. The molecule has 4 nitrogen and oxygen atoms in total. The second-order valence-electron chi connectivity index (χ2n) is 6.97. The van der Waals surface area contributed by atoms with Gasteiger partial charge in [0.15, 0.2) is 0 Å². The summed E-state index contributed by atoms with van der Waals surface area (Å²) in [5, 5.41) is 12.1. The van der Waals surface area contributed by atoms with Gasteiger partial charge in [-0.1, -0.05) is 6.08 Å². The smallest absolute Gasteiger partial charge is 0.119 e. The Bertz CT molecular complexity index is 760. The summed E-state index contributed by atoms with van der Waals surface area (Å²) in [7, 11) is 1.66. The highest BCUT2D eigenvalue weighted by atomic mass is 16.5. The van der Waals surface area contributed by atoms with Crippen molar-refractivity contribution in [3.8, 4) is 5.75 Å². The molecule has 0 aliphatic carbocycles. The molecule has 0 radical (unpaired) electrons. The fourth-order valence-electron chi connectivity index (χ4n) is 4.44. The third-order valence-electron chi connectivity index (χ3n) is 5.82. The minimum atomic E-state index is -0.504. The van der Waals surface area contributed by atoms with Crippen molar-refractivity contribution in [3.63, 3.8) is 0 Å². The van der Waals surface area contributed by atoms with E-state index in [9.17, 15) is 5.11 Å². The largest absolute Gasteiger partial charge is 0.497 e. The second kappa shape index (κ2) is 6.19. The average molecular weight is 324 g/mol. The number of pyridine rings is 1. The molecule has 0 amide bonds. The molecule has 5 rings (SSSR count). The molecule has 1 aromatic carbocycles. The highest BCUT2D eigenvalue weighted by Gasteiger charge is 2.42. The lowest BCUT2D eigenvalue weighted by Gasteiger charge is -2.50. The lowest BCUT2D eigenvalue weighted by molar-refractivity contribution is -0.0444. The third-order valence-corrected chi connectivity index (χ3v) is 5.82. The first kappa shape index (κ1) is 15.6. The van der Waals surface area contributed by atoms with Crippen molar-refractivity contribution in [3.05, 3.63) is 48.7 Å². The summed E-state index contributed by atoms with van der Waals surface area (Å²) >= 11 is 0. The van der Waals surface area contributed by atoms with Gasteiger partial charge in [-0.2, -0.15) is 0 Å². The van der Waals surface area contributed by atoms with Gasteiger partial charge in [0.1, 0.15) is 5.75 Å². The zero-order valence-corrected chi connectivity index (χ0v) is 14.1. The quantitative estimate of drug-likeness (QED) is 0.878. The summed E-state index contributed by atoms with van der Waals surface area (Å²) in [6, 6.07) is 7.96. The molecule has 0 spiro atoms. The van der Waals surface area contributed by atoms with Gasteiger partial charge < -0.3 is 9.84 Å². The Hall–Kier alpha value is -1.91. The van der Waals surface area contributed by atoms with E-state index in [1.54, 1.807) is 13.3 Å². The minimum absolute atomic E-state index is 0.178. The van der Waals surface area contributed by atoms with Crippen molar-refractivity contribution in [1.82, 2.24) is 9.88 Å². The fraction of sp³-hybridized carbons (Fsp3) is 0.450. The Morgan fingerprint density at radius 2 is 2.29 bits per heavy atom. The molecule has 2 bridgehead atoms. The second-order valence-corrected chi connectivity index (χ2v) is 6.97. The lowest BCUT2D eigenvalue weighted by Crippen LogP contribution is -2.54. The van der Waals surface area contributed by atoms with Crippen molar-refractivity contribution in [2.24, 2.45) is 11.8 Å². The van der Waals surface area contributed by atoms with Gasteiger partial charge in [-0.05, 0) is 61.1 Å². The van der Waals surface area contributed by atoms with E-state index in [1.807, 2.05) is 24.3 Å². The van der Waals surface area contributed by atoms with Gasteiger partial charge in [0.2, 0.25) is 0 Å². The fourth-order valence-corrected chi connectivity index (χ4v) is 4.44. The number of hydrogen-bond acceptors (Lipinski definition) is 4. The number of hydrogen-bond donors (Lipinski definition) is 1. The van der Waals surface area contributed by atoms with Crippen LogP contribution in [0.2, 0.25) is 0 Å². The first-order valence-electron chi connectivity index (χ1n) is 8.68. The van der Waals surface area contributed by atoms with Gasteiger partial charge >= 0.3 is 0 Å². The standard InChI is InChI=1S/C20H24N2O2/c1-3-13-12-22-9-7-14(13)10-19(22)20(23)16-6-8-21-18-5-4-15(24-2)11-17(16)18/h3-6,8,11,13-14,19-20,23H,1,7,9-10,12H2,2H3/t13-,14+,19+,20?/m0/s1. The van der Waals surface area contributed by atoms with Crippen LogP contribution in [0.25, 0.3) is 10.9 Å². The number of fused-ring (bicyclic) bond motifs is 4. The number of nitrogens with zero attached hydrogens (tertiary/aromatic N) is 2. The predicted molar refractivity (Wildman–Crippen MR) is 95.0 cm³/mol. The summed E-state index contributed by atoms with van der Waals surface area (Å²) in [5.74, 6) is 2.01. The van der Waals surface area contributed by atoms with E-state index in [0.717, 1.165) is 41.7 Å². The van der Waals surface area contributed by atoms with Gasteiger partial charge in [0.25, 0.3) is 0 Å². The minimum Gasteiger partial charge on any atom is -0.497 e. The van der Waals surface area contributed by atoms with Crippen LogP contribution in [-0.2, 0) is 0 Å². The molecule has 3 saturated heterocycles. The number of benzene rings is 1. The average Bonchev–Trinajstić information content (AvgIpc) is 2.66. The number of rotatable bonds is 4. The highest BCUT2D eigenvalue weighted by molar-refractivity contribution is 5.83. The van der Waals surface area contributed by atoms with Gasteiger partial charge in [0, 0.05) is 24.2 Å². The van der Waals surface area contributed by atoms with E-state index in [-0.39, 0.29) is 6.04 Å². The molecular formula is C20H24N2O2. The number of ether oxygens (including phenoxy) is 1. The number of aromatic nitrogens is 1. The normalized spacial score (nSPS) is 30.2. The molecular weight excluding hydrogens is 300 g/mol. The Labute approximate surface area is 142 Å². The maximum atomic E-state index is 11.2. The Kier molecular flexibility index (Phi) is 4.02. The Balaban J connectivity index is 1.69. The van der Waals surface area contributed by atoms with Crippen LogP contribution < -0.4 is 4.74 Å². The topological polar surface area (TPSA) is 45.6 Å². The first-order valence-corrected chi connectivity index (χ1v) is 8.68. The molecule has 3 fully saturated rings. The SMILES string of the molecule is C=C[C@H]1CN2CC[C@@H]1C[C@@H]2C(O)c1ccnc2ccc(OC)cc12. The Morgan fingerprint density at radius 3 is 3.00 bits per heavy atom. The summed E-state index contributed by atoms with van der Waals surface area (Å²) in [6.07, 6.45) is 5.62. The van der Waals surface area contributed by atoms with E-state index in [4.69, 9.17) is 4.74 Å². The van der Waals surface area contributed by atoms with Crippen LogP contribution in [0.3, 0.4) is 0 Å². The van der Waals surface area contributed by atoms with Crippen LogP contribution in [0.4, 0.5) is 0 Å². The van der Waals surface area contributed by atoms with Crippen LogP contribution in [0.5, 0.6) is 5.75 Å². The van der Waals surface area contributed by atoms with Gasteiger partial charge in [-0.15, -0.1) is 6.58 Å². The van der Waals surface area contributed by atoms with Gasteiger partial charge in [-0.25, -0.2) is 0 Å². The number of methoxy groups -OCH3 is 1. The third kappa shape index (κ3) is 2.50. The molecule has 4 heterocycles. The van der Waals surface area contributed by atoms with Gasteiger partial charge in [0.05, 0.1) is 18.7 Å². The number of aliphatic hydroxyl groups excluding tert-OH is 1. The zero-order chi connectivity index (χ0) is 16.7. The predicted octanol–water partition coefficient (Wildman–Crippen LogP) is 3.17. The van der Waals surface area contributed by atoms with Crippen LogP contribution in [0, 0.1) is 11.8 Å². The summed E-state index contributed by atoms with van der Waals surface area (Å²) in [4.78, 5) is 6.86. The molecule has 3 aliphatic rings. The molecule has 1 aromatic heterocycles. The van der Waals surface area contributed by atoms with Crippen molar-refractivity contribution in [1.29, 1.82) is 0 Å². The first-order chi connectivity index (χ1) is 11.7. The van der Waals surface area contributed by atoms with E-state index >= 15 is 0 Å². The molecule has 1 N–H and O–H groups in total. The van der Waals surface area contributed by atoms with Crippen LogP contribution in [0.15, 0.2) is 43.1 Å². The molecule has 3 aliphatic heterocycles. The van der Waals surface area contributed by atoms with Crippen LogP contribution in [-0.4, -0.2) is 41.2 Å². The highest BCUT2D eigenvalue weighted by Crippen LogP contribution is 2.42. The summed E-state index contributed by atoms with van der Waals surface area (Å²) in [6.45, 7) is 6.07. The number of aliphatic hydroxyl groups is 1. The molecule has 0 saturated carbocycles. The maximum Gasteiger partial charge on any atom is 0.119 e. The molecule has 2 aromatic rings. The van der Waals surface area contributed by atoms with Crippen molar-refractivity contribution in [2.45, 2.75) is 25.0 Å².